The second-order valence-electron chi connectivity index (χ2n) is 6.32. The highest BCUT2D eigenvalue weighted by Crippen LogP contribution is 2.33. The molecule has 1 aromatic rings. The maximum atomic E-state index is 14.1. The van der Waals surface area contributed by atoms with E-state index in [9.17, 15) is 8.78 Å². The fourth-order valence-corrected chi connectivity index (χ4v) is 3.95. The topological polar surface area (TPSA) is 15.3 Å². The number of likely N-dealkylation sites (tertiary alicyclic amines) is 1. The summed E-state index contributed by atoms with van der Waals surface area (Å²) in [6, 6.07) is 5.39. The predicted octanol–water partition coefficient (Wildman–Crippen LogP) is 3.63. The molecule has 3 unspecified atom stereocenters. The van der Waals surface area contributed by atoms with Crippen LogP contribution < -0.4 is 5.32 Å². The summed E-state index contributed by atoms with van der Waals surface area (Å²) in [5.41, 5.74) is 0.486. The molecule has 116 valence electrons. The van der Waals surface area contributed by atoms with Gasteiger partial charge in [0.25, 0.3) is 0 Å². The van der Waals surface area contributed by atoms with Crippen molar-refractivity contribution in [3.63, 3.8) is 0 Å². The van der Waals surface area contributed by atoms with Gasteiger partial charge in [-0.1, -0.05) is 18.6 Å². The molecule has 0 spiro atoms. The summed E-state index contributed by atoms with van der Waals surface area (Å²) in [5.74, 6) is -1.43. The molecule has 2 aliphatic heterocycles. The van der Waals surface area contributed by atoms with E-state index >= 15 is 0 Å². The van der Waals surface area contributed by atoms with E-state index in [-0.39, 0.29) is 6.04 Å². The molecule has 0 aromatic heterocycles. The summed E-state index contributed by atoms with van der Waals surface area (Å²) in [5, 5.41) is 3.58. The Morgan fingerprint density at radius 1 is 1.19 bits per heavy atom. The van der Waals surface area contributed by atoms with Gasteiger partial charge < -0.3 is 5.32 Å². The van der Waals surface area contributed by atoms with Crippen molar-refractivity contribution in [1.29, 1.82) is 0 Å². The number of nitrogens with zero attached hydrogens (tertiary/aromatic N) is 1. The van der Waals surface area contributed by atoms with E-state index in [0.717, 1.165) is 25.9 Å². The lowest BCUT2D eigenvalue weighted by Crippen LogP contribution is -2.51. The van der Waals surface area contributed by atoms with Crippen molar-refractivity contribution in [2.45, 2.75) is 57.2 Å². The van der Waals surface area contributed by atoms with Crippen LogP contribution in [0.15, 0.2) is 18.2 Å². The lowest BCUT2D eigenvalue weighted by Gasteiger charge is -2.43. The van der Waals surface area contributed by atoms with Crippen LogP contribution in [0.4, 0.5) is 8.78 Å². The lowest BCUT2D eigenvalue weighted by atomic mass is 9.91. The van der Waals surface area contributed by atoms with Crippen LogP contribution in [0.2, 0.25) is 0 Å². The van der Waals surface area contributed by atoms with Gasteiger partial charge in [-0.15, -0.1) is 0 Å². The van der Waals surface area contributed by atoms with Crippen molar-refractivity contribution in [1.82, 2.24) is 10.2 Å². The molecule has 2 nitrogen and oxygen atoms in total. The zero-order valence-electron chi connectivity index (χ0n) is 12.6. The van der Waals surface area contributed by atoms with E-state index in [2.05, 4.69) is 10.2 Å². The van der Waals surface area contributed by atoms with Crippen molar-refractivity contribution in [3.05, 3.63) is 35.4 Å². The smallest absolute Gasteiger partial charge is 0.163 e. The molecule has 2 aliphatic rings. The van der Waals surface area contributed by atoms with Gasteiger partial charge in [0.1, 0.15) is 0 Å². The first-order valence-corrected chi connectivity index (χ1v) is 8.11. The molecular formula is C17H24F2N2. The van der Waals surface area contributed by atoms with Crippen molar-refractivity contribution < 1.29 is 8.78 Å². The van der Waals surface area contributed by atoms with Crippen LogP contribution in [0.3, 0.4) is 0 Å². The minimum Gasteiger partial charge on any atom is -0.312 e. The highest BCUT2D eigenvalue weighted by molar-refractivity contribution is 5.22. The molecule has 0 aliphatic carbocycles. The Morgan fingerprint density at radius 2 is 2.05 bits per heavy atom. The summed E-state index contributed by atoms with van der Waals surface area (Å²) in [7, 11) is 0. The van der Waals surface area contributed by atoms with Crippen LogP contribution in [-0.2, 0) is 0 Å². The Morgan fingerprint density at radius 3 is 2.81 bits per heavy atom. The molecule has 3 rings (SSSR count). The molecule has 2 fully saturated rings. The summed E-state index contributed by atoms with van der Waals surface area (Å²) in [6.45, 7) is 4.06. The second kappa shape index (κ2) is 6.41. The molecule has 2 heterocycles. The van der Waals surface area contributed by atoms with Crippen LogP contribution >= 0.6 is 0 Å². The van der Waals surface area contributed by atoms with Crippen LogP contribution in [0.25, 0.3) is 0 Å². The molecular weight excluding hydrogens is 270 g/mol. The summed E-state index contributed by atoms with van der Waals surface area (Å²) in [6.07, 6.45) is 5.94. The first-order chi connectivity index (χ1) is 10.2. The number of halogens is 2. The predicted molar refractivity (Wildman–Crippen MR) is 80.1 cm³/mol. The van der Waals surface area contributed by atoms with Crippen molar-refractivity contribution in [2.24, 2.45) is 0 Å². The molecule has 0 radical (unpaired) electrons. The molecule has 0 amide bonds. The molecule has 2 saturated heterocycles. The molecule has 3 atom stereocenters. The summed E-state index contributed by atoms with van der Waals surface area (Å²) < 4.78 is 27.6. The number of piperidine rings is 1. The number of nitrogens with one attached hydrogen (secondary N) is 1. The Kier molecular flexibility index (Phi) is 4.55. The third kappa shape index (κ3) is 2.97. The van der Waals surface area contributed by atoms with Crippen LogP contribution in [-0.4, -0.2) is 30.1 Å². The third-order valence-corrected chi connectivity index (χ3v) is 5.08. The standard InChI is InChI=1S/C17H24F2N2/c1-12(13-6-4-7-14(18)17(13)19)21-11-3-2-9-16(21)15-8-5-10-20-15/h4,6-7,12,15-16,20H,2-3,5,8-11H2,1H3. The maximum absolute atomic E-state index is 14.1. The highest BCUT2D eigenvalue weighted by Gasteiger charge is 2.35. The third-order valence-electron chi connectivity index (χ3n) is 5.08. The highest BCUT2D eigenvalue weighted by atomic mass is 19.2. The fraction of sp³-hybridized carbons (Fsp3) is 0.647. The molecule has 1 aromatic carbocycles. The van der Waals surface area contributed by atoms with Crippen molar-refractivity contribution in [3.8, 4) is 0 Å². The monoisotopic (exact) mass is 294 g/mol. The molecule has 1 N–H and O–H groups in total. The lowest BCUT2D eigenvalue weighted by molar-refractivity contribution is 0.0784. The van der Waals surface area contributed by atoms with E-state index in [0.29, 0.717) is 17.6 Å². The zero-order valence-corrected chi connectivity index (χ0v) is 12.6. The molecule has 0 saturated carbocycles. The van der Waals surface area contributed by atoms with E-state index in [1.54, 1.807) is 12.1 Å². The minimum atomic E-state index is -0.744. The normalized spacial score (nSPS) is 28.7. The summed E-state index contributed by atoms with van der Waals surface area (Å²) >= 11 is 0. The largest absolute Gasteiger partial charge is 0.312 e. The average Bonchev–Trinajstić information content (AvgIpc) is 3.03. The van der Waals surface area contributed by atoms with Crippen LogP contribution in [0, 0.1) is 11.6 Å². The first kappa shape index (κ1) is 14.9. The fourth-order valence-electron chi connectivity index (χ4n) is 3.95. The Balaban J connectivity index is 1.83. The molecule has 4 heteroatoms. The van der Waals surface area contributed by atoms with Gasteiger partial charge in [-0.05, 0) is 51.8 Å². The quantitative estimate of drug-likeness (QED) is 0.915. The maximum Gasteiger partial charge on any atom is 0.163 e. The van der Waals surface area contributed by atoms with Crippen molar-refractivity contribution >= 4 is 0 Å². The van der Waals surface area contributed by atoms with E-state index in [1.165, 1.54) is 25.3 Å². The number of hydrogen-bond acceptors (Lipinski definition) is 2. The van der Waals surface area contributed by atoms with Gasteiger partial charge in [-0.2, -0.15) is 0 Å². The second-order valence-corrected chi connectivity index (χ2v) is 6.32. The van der Waals surface area contributed by atoms with Gasteiger partial charge in [-0.25, -0.2) is 8.78 Å². The number of benzene rings is 1. The van der Waals surface area contributed by atoms with Gasteiger partial charge in [0.15, 0.2) is 11.6 Å². The van der Waals surface area contributed by atoms with Gasteiger partial charge in [0, 0.05) is 23.7 Å². The van der Waals surface area contributed by atoms with Gasteiger partial charge >= 0.3 is 0 Å². The summed E-state index contributed by atoms with van der Waals surface area (Å²) in [4.78, 5) is 2.38. The SMILES string of the molecule is CC(c1cccc(F)c1F)N1CCCCC1C1CCCN1. The number of rotatable bonds is 3. The van der Waals surface area contributed by atoms with Gasteiger partial charge in [0.05, 0.1) is 0 Å². The minimum absolute atomic E-state index is 0.0756. The van der Waals surface area contributed by atoms with E-state index in [1.807, 2.05) is 6.92 Å². The first-order valence-electron chi connectivity index (χ1n) is 8.11. The van der Waals surface area contributed by atoms with E-state index in [4.69, 9.17) is 0 Å². The Hall–Kier alpha value is -1.00. The Bertz CT molecular complexity index is 486. The van der Waals surface area contributed by atoms with Crippen LogP contribution in [0.1, 0.15) is 50.6 Å². The van der Waals surface area contributed by atoms with Crippen LogP contribution in [0.5, 0.6) is 0 Å². The van der Waals surface area contributed by atoms with Gasteiger partial charge in [-0.3, -0.25) is 4.90 Å². The zero-order chi connectivity index (χ0) is 14.8. The van der Waals surface area contributed by atoms with E-state index < -0.39 is 11.6 Å². The molecule has 0 bridgehead atoms. The van der Waals surface area contributed by atoms with Crippen molar-refractivity contribution in [2.75, 3.05) is 13.1 Å². The Labute approximate surface area is 125 Å². The van der Waals surface area contributed by atoms with Gasteiger partial charge in [0.2, 0.25) is 0 Å². The average molecular weight is 294 g/mol. The number of hydrogen-bond donors (Lipinski definition) is 1. The molecule has 21 heavy (non-hydrogen) atoms.